The fourth-order valence-electron chi connectivity index (χ4n) is 3.59. The summed E-state index contributed by atoms with van der Waals surface area (Å²) >= 11 is 0. The van der Waals surface area contributed by atoms with Crippen LogP contribution in [-0.4, -0.2) is 84.3 Å². The summed E-state index contributed by atoms with van der Waals surface area (Å²) in [5.74, 6) is -0.133. The Morgan fingerprint density at radius 3 is 2.19 bits per heavy atom. The maximum Gasteiger partial charge on any atom is 0.251 e. The Labute approximate surface area is 160 Å². The fourth-order valence-corrected chi connectivity index (χ4v) is 3.59. The number of amides is 3. The van der Waals surface area contributed by atoms with E-state index in [0.717, 1.165) is 25.9 Å². The van der Waals surface area contributed by atoms with Crippen molar-refractivity contribution in [3.8, 4) is 0 Å². The summed E-state index contributed by atoms with van der Waals surface area (Å²) in [5, 5.41) is 2.77. The van der Waals surface area contributed by atoms with Crippen molar-refractivity contribution in [1.29, 1.82) is 0 Å². The zero-order valence-corrected chi connectivity index (χ0v) is 15.9. The average Bonchev–Trinajstić information content (AvgIpc) is 3.23. The molecule has 0 saturated carbocycles. The van der Waals surface area contributed by atoms with E-state index in [1.165, 1.54) is 0 Å². The van der Waals surface area contributed by atoms with Gasteiger partial charge in [0.2, 0.25) is 11.8 Å². The topological polar surface area (TPSA) is 73.0 Å². The average molecular weight is 372 g/mol. The number of rotatable bonds is 5. The number of carbonyl (C=O) groups is 3. The van der Waals surface area contributed by atoms with Gasteiger partial charge in [0.25, 0.3) is 5.91 Å². The summed E-state index contributed by atoms with van der Waals surface area (Å²) in [4.78, 5) is 42.9. The van der Waals surface area contributed by atoms with Crippen LogP contribution in [0.2, 0.25) is 0 Å². The van der Waals surface area contributed by atoms with Crippen LogP contribution in [0.1, 0.15) is 30.1 Å². The molecule has 7 nitrogen and oxygen atoms in total. The van der Waals surface area contributed by atoms with Crippen molar-refractivity contribution in [2.75, 3.05) is 45.8 Å². The number of carbonyl (C=O) groups excluding carboxylic acids is 3. The summed E-state index contributed by atoms with van der Waals surface area (Å²) in [6, 6.07) is 8.31. The first-order chi connectivity index (χ1) is 13.0. The van der Waals surface area contributed by atoms with Gasteiger partial charge in [0.05, 0.1) is 6.54 Å². The third-order valence-corrected chi connectivity index (χ3v) is 5.26. The summed E-state index contributed by atoms with van der Waals surface area (Å²) in [6.45, 7) is 6.42. The molecule has 0 aromatic heterocycles. The second-order valence-corrected chi connectivity index (χ2v) is 7.25. The molecule has 2 aliphatic rings. The van der Waals surface area contributed by atoms with Gasteiger partial charge in [-0.3, -0.25) is 19.3 Å². The van der Waals surface area contributed by atoms with Crippen molar-refractivity contribution in [3.05, 3.63) is 35.9 Å². The molecule has 27 heavy (non-hydrogen) atoms. The molecule has 7 heteroatoms. The molecule has 0 bridgehead atoms. The maximum absolute atomic E-state index is 12.6. The summed E-state index contributed by atoms with van der Waals surface area (Å²) in [7, 11) is 0. The number of nitrogens with zero attached hydrogens (tertiary/aromatic N) is 3. The first-order valence-corrected chi connectivity index (χ1v) is 9.69. The molecule has 2 fully saturated rings. The molecule has 1 unspecified atom stereocenters. The number of likely N-dealkylation sites (tertiary alicyclic amines) is 1. The monoisotopic (exact) mass is 372 g/mol. The van der Waals surface area contributed by atoms with Gasteiger partial charge in [-0.2, -0.15) is 0 Å². The van der Waals surface area contributed by atoms with Crippen LogP contribution >= 0.6 is 0 Å². The number of nitrogens with one attached hydrogen (secondary N) is 1. The SMILES string of the molecule is CC(NC(=O)c1ccccc1)C(=O)N1CCN(CC(=O)N2CCCC2)CC1. The van der Waals surface area contributed by atoms with E-state index < -0.39 is 6.04 Å². The second-order valence-electron chi connectivity index (χ2n) is 7.25. The lowest BCUT2D eigenvalue weighted by atomic mass is 10.2. The molecule has 3 amide bonds. The van der Waals surface area contributed by atoms with Gasteiger partial charge < -0.3 is 15.1 Å². The normalized spacial score (nSPS) is 19.0. The van der Waals surface area contributed by atoms with E-state index in [-0.39, 0.29) is 17.7 Å². The Morgan fingerprint density at radius 1 is 0.926 bits per heavy atom. The minimum Gasteiger partial charge on any atom is -0.342 e. The van der Waals surface area contributed by atoms with Crippen LogP contribution in [0.15, 0.2) is 30.3 Å². The minimum absolute atomic E-state index is 0.0789. The Bertz CT molecular complexity index is 665. The smallest absolute Gasteiger partial charge is 0.251 e. The summed E-state index contributed by atoms with van der Waals surface area (Å²) in [5.41, 5.74) is 0.544. The van der Waals surface area contributed by atoms with Gasteiger partial charge in [0.1, 0.15) is 6.04 Å². The van der Waals surface area contributed by atoms with Gasteiger partial charge in [-0.1, -0.05) is 18.2 Å². The molecule has 1 aromatic rings. The van der Waals surface area contributed by atoms with Crippen LogP contribution in [0.5, 0.6) is 0 Å². The lowest BCUT2D eigenvalue weighted by Gasteiger charge is -2.36. The molecule has 146 valence electrons. The lowest BCUT2D eigenvalue weighted by Crippen LogP contribution is -2.55. The first kappa shape index (κ1) is 19.4. The van der Waals surface area contributed by atoms with E-state index in [2.05, 4.69) is 10.2 Å². The van der Waals surface area contributed by atoms with Crippen LogP contribution in [0.25, 0.3) is 0 Å². The van der Waals surface area contributed by atoms with Crippen molar-refractivity contribution < 1.29 is 14.4 Å². The highest BCUT2D eigenvalue weighted by molar-refractivity contribution is 5.97. The minimum atomic E-state index is -0.574. The molecule has 0 spiro atoms. The highest BCUT2D eigenvalue weighted by Crippen LogP contribution is 2.10. The molecule has 1 N–H and O–H groups in total. The number of hydrogen-bond donors (Lipinski definition) is 1. The maximum atomic E-state index is 12.6. The molecular weight excluding hydrogens is 344 g/mol. The largest absolute Gasteiger partial charge is 0.342 e. The quantitative estimate of drug-likeness (QED) is 0.820. The lowest BCUT2D eigenvalue weighted by molar-refractivity contribution is -0.135. The standard InChI is InChI=1S/C20H28N4O3/c1-16(21-19(26)17-7-3-2-4-8-17)20(27)24-13-11-22(12-14-24)15-18(25)23-9-5-6-10-23/h2-4,7-8,16H,5-6,9-15H2,1H3,(H,21,26). The van der Waals surface area contributed by atoms with Crippen LogP contribution < -0.4 is 5.32 Å². The number of hydrogen-bond acceptors (Lipinski definition) is 4. The molecular formula is C20H28N4O3. The highest BCUT2D eigenvalue weighted by Gasteiger charge is 2.28. The third-order valence-electron chi connectivity index (χ3n) is 5.26. The van der Waals surface area contributed by atoms with Crippen LogP contribution in [0.4, 0.5) is 0 Å². The predicted molar refractivity (Wildman–Crippen MR) is 102 cm³/mol. The zero-order chi connectivity index (χ0) is 19.2. The molecule has 0 radical (unpaired) electrons. The van der Waals surface area contributed by atoms with Gasteiger partial charge >= 0.3 is 0 Å². The van der Waals surface area contributed by atoms with E-state index in [1.807, 2.05) is 11.0 Å². The van der Waals surface area contributed by atoms with E-state index >= 15 is 0 Å². The second kappa shape index (κ2) is 8.99. The Hall–Kier alpha value is -2.41. The van der Waals surface area contributed by atoms with Crippen molar-refractivity contribution in [2.24, 2.45) is 0 Å². The van der Waals surface area contributed by atoms with Gasteiger partial charge in [-0.25, -0.2) is 0 Å². The molecule has 0 aliphatic carbocycles. The molecule has 2 aliphatic heterocycles. The number of piperazine rings is 1. The molecule has 2 heterocycles. The Morgan fingerprint density at radius 2 is 1.56 bits per heavy atom. The van der Waals surface area contributed by atoms with E-state index in [1.54, 1.807) is 36.1 Å². The van der Waals surface area contributed by atoms with Gasteiger partial charge in [0.15, 0.2) is 0 Å². The summed E-state index contributed by atoms with van der Waals surface area (Å²) < 4.78 is 0. The first-order valence-electron chi connectivity index (χ1n) is 9.69. The van der Waals surface area contributed by atoms with E-state index in [9.17, 15) is 14.4 Å². The van der Waals surface area contributed by atoms with Crippen molar-refractivity contribution >= 4 is 17.7 Å². The van der Waals surface area contributed by atoms with Crippen LogP contribution in [0.3, 0.4) is 0 Å². The number of benzene rings is 1. The predicted octanol–water partition coefficient (Wildman–Crippen LogP) is 0.572. The van der Waals surface area contributed by atoms with Gasteiger partial charge in [-0.15, -0.1) is 0 Å². The molecule has 1 aromatic carbocycles. The van der Waals surface area contributed by atoms with E-state index in [4.69, 9.17) is 0 Å². The van der Waals surface area contributed by atoms with Crippen LogP contribution in [-0.2, 0) is 9.59 Å². The van der Waals surface area contributed by atoms with Crippen molar-refractivity contribution in [1.82, 2.24) is 20.0 Å². The van der Waals surface area contributed by atoms with Gasteiger partial charge in [-0.05, 0) is 31.9 Å². The van der Waals surface area contributed by atoms with E-state index in [0.29, 0.717) is 38.3 Å². The molecule has 2 saturated heterocycles. The van der Waals surface area contributed by atoms with Gasteiger partial charge in [0, 0.05) is 44.8 Å². The zero-order valence-electron chi connectivity index (χ0n) is 15.9. The fraction of sp³-hybridized carbons (Fsp3) is 0.550. The van der Waals surface area contributed by atoms with Crippen molar-refractivity contribution in [3.63, 3.8) is 0 Å². The van der Waals surface area contributed by atoms with Crippen molar-refractivity contribution in [2.45, 2.75) is 25.8 Å². The highest BCUT2D eigenvalue weighted by atomic mass is 16.2. The summed E-state index contributed by atoms with van der Waals surface area (Å²) in [6.07, 6.45) is 2.20. The Balaban J connectivity index is 1.43. The molecule has 3 rings (SSSR count). The van der Waals surface area contributed by atoms with Crippen LogP contribution in [0, 0.1) is 0 Å². The third kappa shape index (κ3) is 5.07. The molecule has 1 atom stereocenters. The Kier molecular flexibility index (Phi) is 6.45.